The Labute approximate surface area is 189 Å². The summed E-state index contributed by atoms with van der Waals surface area (Å²) in [5.74, 6) is -0.438. The molecule has 1 spiro atoms. The first-order chi connectivity index (χ1) is 14.0. The van der Waals surface area contributed by atoms with Crippen LogP contribution in [0.4, 0.5) is 0 Å². The van der Waals surface area contributed by atoms with Gasteiger partial charge in [-0.1, -0.05) is 41.5 Å². The van der Waals surface area contributed by atoms with Crippen LogP contribution >= 0.6 is 35.4 Å². The van der Waals surface area contributed by atoms with E-state index < -0.39 is 5.79 Å². The Bertz CT molecular complexity index is 736. The van der Waals surface area contributed by atoms with E-state index in [-0.39, 0.29) is 6.04 Å². The molecule has 0 radical (unpaired) electrons. The van der Waals surface area contributed by atoms with Gasteiger partial charge in [-0.2, -0.15) is 0 Å². The van der Waals surface area contributed by atoms with Gasteiger partial charge in [-0.05, 0) is 56.5 Å². The van der Waals surface area contributed by atoms with E-state index >= 15 is 0 Å². The fourth-order valence-corrected chi connectivity index (χ4v) is 5.74. The molecule has 0 bridgehead atoms. The van der Waals surface area contributed by atoms with E-state index in [0.717, 1.165) is 29.8 Å². The fraction of sp³-hybridized carbons (Fsp3) is 0.682. The molecule has 4 nitrogen and oxygen atoms in total. The lowest BCUT2D eigenvalue weighted by molar-refractivity contribution is -0.172. The molecule has 2 unspecified atom stereocenters. The van der Waals surface area contributed by atoms with Crippen molar-refractivity contribution in [1.82, 2.24) is 9.80 Å². The van der Waals surface area contributed by atoms with Gasteiger partial charge in [0.25, 0.3) is 0 Å². The fourth-order valence-electron chi connectivity index (χ4n) is 5.12. The van der Waals surface area contributed by atoms with Crippen LogP contribution in [-0.2, 0) is 15.9 Å². The van der Waals surface area contributed by atoms with Crippen LogP contribution in [0.5, 0.6) is 0 Å². The highest BCUT2D eigenvalue weighted by atomic mass is 35.5. The summed E-state index contributed by atoms with van der Waals surface area (Å²) < 4.78 is 12.3. The van der Waals surface area contributed by atoms with Crippen molar-refractivity contribution in [2.45, 2.75) is 62.8 Å². The first-order valence-corrected chi connectivity index (χ1v) is 11.9. The number of benzene rings is 1. The zero-order valence-corrected chi connectivity index (χ0v) is 19.4. The lowest BCUT2D eigenvalue weighted by atomic mass is 9.97. The van der Waals surface area contributed by atoms with Crippen LogP contribution in [0.1, 0.15) is 44.1 Å². The molecule has 7 heteroatoms. The Morgan fingerprint density at radius 3 is 2.59 bits per heavy atom. The highest BCUT2D eigenvalue weighted by Gasteiger charge is 2.46. The Morgan fingerprint density at radius 1 is 1.17 bits per heavy atom. The Kier molecular flexibility index (Phi) is 7.04. The van der Waals surface area contributed by atoms with Crippen molar-refractivity contribution < 1.29 is 9.47 Å². The number of thiocarbonyl (C=S) groups is 1. The molecular formula is C22H30Cl2N2O2S. The van der Waals surface area contributed by atoms with Crippen molar-refractivity contribution in [3.05, 3.63) is 33.8 Å². The highest BCUT2D eigenvalue weighted by molar-refractivity contribution is 7.80. The molecule has 1 saturated carbocycles. The average molecular weight is 457 g/mol. The van der Waals surface area contributed by atoms with Gasteiger partial charge in [0.05, 0.1) is 28.2 Å². The van der Waals surface area contributed by atoms with E-state index in [1.165, 1.54) is 32.4 Å². The van der Waals surface area contributed by atoms with Crippen molar-refractivity contribution in [1.29, 1.82) is 0 Å². The van der Waals surface area contributed by atoms with Crippen LogP contribution in [0.15, 0.2) is 18.2 Å². The molecule has 1 aliphatic carbocycles. The molecule has 1 aromatic carbocycles. The van der Waals surface area contributed by atoms with Gasteiger partial charge in [0.1, 0.15) is 0 Å². The monoisotopic (exact) mass is 456 g/mol. The summed E-state index contributed by atoms with van der Waals surface area (Å²) in [5.41, 5.74) is 1.09. The van der Waals surface area contributed by atoms with Gasteiger partial charge in [0.15, 0.2) is 5.79 Å². The summed E-state index contributed by atoms with van der Waals surface area (Å²) in [7, 11) is 2.14. The van der Waals surface area contributed by atoms with Gasteiger partial charge in [0, 0.05) is 38.4 Å². The summed E-state index contributed by atoms with van der Waals surface area (Å²) in [6.07, 6.45) is 7.40. The second-order valence-electron chi connectivity index (χ2n) is 8.51. The van der Waals surface area contributed by atoms with Gasteiger partial charge in [-0.3, -0.25) is 4.90 Å². The van der Waals surface area contributed by atoms with Gasteiger partial charge < -0.3 is 14.4 Å². The van der Waals surface area contributed by atoms with Crippen LogP contribution in [0.3, 0.4) is 0 Å². The number of likely N-dealkylation sites (tertiary alicyclic amines) is 1. The predicted octanol–water partition coefficient (Wildman–Crippen LogP) is 4.95. The molecule has 0 N–H and O–H groups in total. The standard InChI is InChI=1S/C22H30Cl2N2O2S/c1-25(21(29)14-16-6-7-17(23)18(24)13-16)20-15-22(27-11-12-28-22)8-4-5-19(20)26-9-2-3-10-26/h6-7,13,19-20H,2-5,8-12,14-15H2,1H3. The molecular weight excluding hydrogens is 427 g/mol. The van der Waals surface area contributed by atoms with E-state index in [2.05, 4.69) is 16.8 Å². The van der Waals surface area contributed by atoms with E-state index in [4.69, 9.17) is 44.9 Å². The van der Waals surface area contributed by atoms with Crippen LogP contribution in [0.2, 0.25) is 10.0 Å². The smallest absolute Gasteiger partial charge is 0.170 e. The van der Waals surface area contributed by atoms with Gasteiger partial charge in [-0.25, -0.2) is 0 Å². The molecule has 2 saturated heterocycles. The van der Waals surface area contributed by atoms with Crippen LogP contribution in [0, 0.1) is 0 Å². The molecule has 1 aromatic rings. The number of rotatable bonds is 4. The van der Waals surface area contributed by atoms with Gasteiger partial charge in [0.2, 0.25) is 0 Å². The Morgan fingerprint density at radius 2 is 1.90 bits per heavy atom. The van der Waals surface area contributed by atoms with Crippen molar-refractivity contribution >= 4 is 40.4 Å². The summed E-state index contributed by atoms with van der Waals surface area (Å²) in [5, 5.41) is 1.15. The third kappa shape index (κ3) is 4.91. The number of likely N-dealkylation sites (N-methyl/N-ethyl adjacent to an activating group) is 1. The maximum Gasteiger partial charge on any atom is 0.170 e. The molecule has 0 aromatic heterocycles. The maximum absolute atomic E-state index is 6.21. The van der Waals surface area contributed by atoms with Crippen molar-refractivity contribution in [3.8, 4) is 0 Å². The number of nitrogens with zero attached hydrogens (tertiary/aromatic N) is 2. The zero-order valence-electron chi connectivity index (χ0n) is 17.0. The van der Waals surface area contributed by atoms with Crippen LogP contribution < -0.4 is 0 Å². The average Bonchev–Trinajstić information content (AvgIpc) is 3.35. The molecule has 3 aliphatic rings. The summed E-state index contributed by atoms with van der Waals surface area (Å²) in [6, 6.07) is 6.53. The number of hydrogen-bond donors (Lipinski definition) is 0. The largest absolute Gasteiger partial charge is 0.364 e. The van der Waals surface area contributed by atoms with Crippen LogP contribution in [0.25, 0.3) is 0 Å². The molecule has 160 valence electrons. The lowest BCUT2D eigenvalue weighted by Crippen LogP contribution is -2.53. The quantitative estimate of drug-likeness (QED) is 0.597. The minimum absolute atomic E-state index is 0.281. The Balaban J connectivity index is 1.54. The number of hydrogen-bond acceptors (Lipinski definition) is 4. The summed E-state index contributed by atoms with van der Waals surface area (Å²) >= 11 is 18.2. The van der Waals surface area contributed by atoms with Crippen molar-refractivity contribution in [3.63, 3.8) is 0 Å². The first kappa shape index (κ1) is 21.8. The zero-order chi connectivity index (χ0) is 20.4. The highest BCUT2D eigenvalue weighted by Crippen LogP contribution is 2.39. The van der Waals surface area contributed by atoms with Gasteiger partial charge >= 0.3 is 0 Å². The SMILES string of the molecule is CN(C(=S)Cc1ccc(Cl)c(Cl)c1)C1CC2(CCCC1N1CCCC1)OCCO2. The molecule has 0 amide bonds. The van der Waals surface area contributed by atoms with E-state index in [0.29, 0.717) is 35.7 Å². The summed E-state index contributed by atoms with van der Waals surface area (Å²) in [4.78, 5) is 5.89. The first-order valence-electron chi connectivity index (χ1n) is 10.7. The topological polar surface area (TPSA) is 24.9 Å². The third-order valence-corrected chi connectivity index (χ3v) is 7.85. The van der Waals surface area contributed by atoms with E-state index in [1.54, 1.807) is 0 Å². The van der Waals surface area contributed by atoms with E-state index in [1.807, 2.05) is 18.2 Å². The second-order valence-corrected chi connectivity index (χ2v) is 9.80. The molecule has 2 heterocycles. The molecule has 2 aliphatic heterocycles. The lowest BCUT2D eigenvalue weighted by Gasteiger charge is -2.42. The van der Waals surface area contributed by atoms with Crippen molar-refractivity contribution in [2.75, 3.05) is 33.4 Å². The molecule has 29 heavy (non-hydrogen) atoms. The predicted molar refractivity (Wildman–Crippen MR) is 122 cm³/mol. The van der Waals surface area contributed by atoms with Crippen molar-refractivity contribution in [2.24, 2.45) is 0 Å². The molecule has 2 atom stereocenters. The van der Waals surface area contributed by atoms with E-state index in [9.17, 15) is 0 Å². The Hall–Kier alpha value is -0.430. The third-order valence-electron chi connectivity index (χ3n) is 6.68. The molecule has 4 rings (SSSR count). The van der Waals surface area contributed by atoms with Crippen LogP contribution in [-0.4, -0.2) is 66.0 Å². The maximum atomic E-state index is 6.21. The normalized spacial score (nSPS) is 27.3. The number of ether oxygens (including phenoxy) is 2. The minimum Gasteiger partial charge on any atom is -0.364 e. The minimum atomic E-state index is -0.438. The second kappa shape index (κ2) is 9.37. The van der Waals surface area contributed by atoms with Gasteiger partial charge in [-0.15, -0.1) is 0 Å². The number of halogens is 2. The molecule has 3 fully saturated rings. The summed E-state index contributed by atoms with van der Waals surface area (Å²) in [6.45, 7) is 3.75.